The Morgan fingerprint density at radius 1 is 1.18 bits per heavy atom. The molecule has 2 aliphatic rings. The lowest BCUT2D eigenvalue weighted by Gasteiger charge is -2.38. The van der Waals surface area contributed by atoms with Gasteiger partial charge in [-0.1, -0.05) is 30.3 Å². The third-order valence-electron chi connectivity index (χ3n) is 4.60. The minimum absolute atomic E-state index is 0.0144. The van der Waals surface area contributed by atoms with Crippen molar-refractivity contribution in [3.8, 4) is 0 Å². The number of nitrogens with one attached hydrogen (secondary N) is 1. The van der Waals surface area contributed by atoms with E-state index in [9.17, 15) is 13.5 Å². The molecule has 1 aliphatic heterocycles. The molecule has 1 saturated heterocycles. The highest BCUT2D eigenvalue weighted by atomic mass is 32.2. The molecule has 6 heteroatoms. The summed E-state index contributed by atoms with van der Waals surface area (Å²) in [7, 11) is -3.21. The number of nitrogens with zero attached hydrogens (tertiary/aromatic N) is 1. The van der Waals surface area contributed by atoms with E-state index in [1.54, 1.807) is 0 Å². The number of benzene rings is 1. The van der Waals surface area contributed by atoms with E-state index in [0.717, 1.165) is 32.4 Å². The molecule has 1 aliphatic carbocycles. The fraction of sp³-hybridized carbons (Fsp3) is 0.625. The summed E-state index contributed by atoms with van der Waals surface area (Å²) in [5, 5.41) is 9.32. The molecule has 5 nitrogen and oxygen atoms in total. The van der Waals surface area contributed by atoms with Crippen LogP contribution in [0.15, 0.2) is 30.3 Å². The summed E-state index contributed by atoms with van der Waals surface area (Å²) >= 11 is 0. The minimum atomic E-state index is -3.21. The predicted molar refractivity (Wildman–Crippen MR) is 85.8 cm³/mol. The van der Waals surface area contributed by atoms with Gasteiger partial charge in [0, 0.05) is 31.7 Å². The maximum absolute atomic E-state index is 12.2. The Labute approximate surface area is 132 Å². The standard InChI is InChI=1S/C16H24N2O3S/c19-12-14-8-9-18(10-13-4-2-1-3-5-13)11-16(14)17-22(20,21)15-6-7-15/h1-5,14-17,19H,6-12H2. The smallest absolute Gasteiger partial charge is 0.214 e. The monoisotopic (exact) mass is 324 g/mol. The molecule has 0 spiro atoms. The molecule has 2 unspecified atom stereocenters. The number of likely N-dealkylation sites (tertiary alicyclic amines) is 1. The summed E-state index contributed by atoms with van der Waals surface area (Å²) in [6.45, 7) is 2.41. The van der Waals surface area contributed by atoms with Gasteiger partial charge in [-0.25, -0.2) is 13.1 Å². The van der Waals surface area contributed by atoms with Crippen LogP contribution in [-0.4, -0.2) is 49.4 Å². The van der Waals surface area contributed by atoms with E-state index >= 15 is 0 Å². The zero-order valence-electron chi connectivity index (χ0n) is 12.7. The van der Waals surface area contributed by atoms with Gasteiger partial charge in [0.1, 0.15) is 0 Å². The highest BCUT2D eigenvalue weighted by molar-refractivity contribution is 7.90. The van der Waals surface area contributed by atoms with Crippen molar-refractivity contribution in [1.29, 1.82) is 0 Å². The Morgan fingerprint density at radius 3 is 2.55 bits per heavy atom. The summed E-state index contributed by atoms with van der Waals surface area (Å²) in [6.07, 6.45) is 2.35. The predicted octanol–water partition coefficient (Wildman–Crippen LogP) is 0.951. The van der Waals surface area contributed by atoms with Gasteiger partial charge in [0.05, 0.1) is 5.25 Å². The van der Waals surface area contributed by atoms with E-state index in [1.807, 2.05) is 18.2 Å². The molecule has 122 valence electrons. The van der Waals surface area contributed by atoms with Gasteiger partial charge in [0.25, 0.3) is 0 Å². The van der Waals surface area contributed by atoms with Crippen LogP contribution in [0.2, 0.25) is 0 Å². The van der Waals surface area contributed by atoms with Gasteiger partial charge in [-0.05, 0) is 31.4 Å². The Morgan fingerprint density at radius 2 is 1.91 bits per heavy atom. The van der Waals surface area contributed by atoms with Gasteiger partial charge in [0.2, 0.25) is 10.0 Å². The summed E-state index contributed by atoms with van der Waals surface area (Å²) in [5.74, 6) is 0.0144. The molecular weight excluding hydrogens is 300 g/mol. The molecule has 0 aromatic heterocycles. The Kier molecular flexibility index (Phi) is 4.82. The number of sulfonamides is 1. The van der Waals surface area contributed by atoms with Crippen LogP contribution in [-0.2, 0) is 16.6 Å². The molecule has 3 rings (SSSR count). The number of hydrogen-bond donors (Lipinski definition) is 2. The zero-order chi connectivity index (χ0) is 15.6. The van der Waals surface area contributed by atoms with Crippen LogP contribution in [0.4, 0.5) is 0 Å². The Hall–Kier alpha value is -0.950. The van der Waals surface area contributed by atoms with E-state index < -0.39 is 10.0 Å². The SMILES string of the molecule is O=S(=O)(NC1CN(Cc2ccccc2)CCC1CO)C1CC1. The summed E-state index contributed by atoms with van der Waals surface area (Å²) in [5.41, 5.74) is 1.23. The first-order valence-electron chi connectivity index (χ1n) is 7.97. The molecule has 1 aromatic carbocycles. The van der Waals surface area contributed by atoms with Gasteiger partial charge >= 0.3 is 0 Å². The number of piperidine rings is 1. The highest BCUT2D eigenvalue weighted by Crippen LogP contribution is 2.29. The fourth-order valence-corrected chi connectivity index (χ4v) is 4.73. The van der Waals surface area contributed by atoms with Crippen molar-refractivity contribution >= 4 is 10.0 Å². The molecule has 0 radical (unpaired) electrons. The molecule has 2 atom stereocenters. The second-order valence-corrected chi connectivity index (χ2v) is 8.41. The average molecular weight is 324 g/mol. The quantitative estimate of drug-likeness (QED) is 0.817. The summed E-state index contributed by atoms with van der Waals surface area (Å²) in [6, 6.07) is 10.0. The lowest BCUT2D eigenvalue weighted by atomic mass is 9.93. The molecule has 2 fully saturated rings. The Balaban J connectivity index is 1.64. The van der Waals surface area contributed by atoms with Crippen LogP contribution in [0.5, 0.6) is 0 Å². The summed E-state index contributed by atoms with van der Waals surface area (Å²) < 4.78 is 27.2. The van der Waals surface area contributed by atoms with Crippen molar-refractivity contribution in [2.24, 2.45) is 5.92 Å². The highest BCUT2D eigenvalue weighted by Gasteiger charge is 2.39. The minimum Gasteiger partial charge on any atom is -0.396 e. The topological polar surface area (TPSA) is 69.6 Å². The van der Waals surface area contributed by atoms with Gasteiger partial charge in [-0.15, -0.1) is 0 Å². The largest absolute Gasteiger partial charge is 0.396 e. The van der Waals surface area contributed by atoms with Crippen molar-refractivity contribution in [2.75, 3.05) is 19.7 Å². The van der Waals surface area contributed by atoms with Crippen molar-refractivity contribution in [2.45, 2.75) is 37.1 Å². The fourth-order valence-electron chi connectivity index (χ4n) is 3.09. The van der Waals surface area contributed by atoms with Crippen molar-refractivity contribution in [3.05, 3.63) is 35.9 Å². The van der Waals surface area contributed by atoms with Crippen LogP contribution in [0, 0.1) is 5.92 Å². The van der Waals surface area contributed by atoms with E-state index in [-0.39, 0.29) is 23.8 Å². The van der Waals surface area contributed by atoms with Crippen molar-refractivity contribution in [1.82, 2.24) is 9.62 Å². The van der Waals surface area contributed by atoms with Crippen molar-refractivity contribution in [3.63, 3.8) is 0 Å². The first-order valence-corrected chi connectivity index (χ1v) is 9.51. The van der Waals surface area contributed by atoms with Gasteiger partial charge < -0.3 is 5.11 Å². The normalized spacial score (nSPS) is 27.0. The molecule has 1 saturated carbocycles. The van der Waals surface area contributed by atoms with E-state index in [2.05, 4.69) is 21.8 Å². The van der Waals surface area contributed by atoms with Gasteiger partial charge in [0.15, 0.2) is 0 Å². The van der Waals surface area contributed by atoms with E-state index in [4.69, 9.17) is 0 Å². The molecule has 1 aromatic rings. The zero-order valence-corrected chi connectivity index (χ0v) is 13.5. The maximum Gasteiger partial charge on any atom is 0.214 e. The lowest BCUT2D eigenvalue weighted by molar-refractivity contribution is 0.101. The number of hydrogen-bond acceptors (Lipinski definition) is 4. The maximum atomic E-state index is 12.2. The van der Waals surface area contributed by atoms with Crippen molar-refractivity contribution < 1.29 is 13.5 Å². The molecule has 0 bridgehead atoms. The summed E-state index contributed by atoms with van der Waals surface area (Å²) in [4.78, 5) is 2.27. The molecule has 2 N–H and O–H groups in total. The molecule has 22 heavy (non-hydrogen) atoms. The molecular formula is C16H24N2O3S. The van der Waals surface area contributed by atoms with Crippen LogP contribution >= 0.6 is 0 Å². The van der Waals surface area contributed by atoms with Crippen LogP contribution in [0.1, 0.15) is 24.8 Å². The third-order valence-corrected chi connectivity index (χ3v) is 6.58. The number of aliphatic hydroxyl groups excluding tert-OH is 1. The van der Waals surface area contributed by atoms with Crippen LogP contribution < -0.4 is 4.72 Å². The first-order chi connectivity index (χ1) is 10.6. The molecule has 1 heterocycles. The number of aliphatic hydroxyl groups is 1. The van der Waals surface area contributed by atoms with E-state index in [0.29, 0.717) is 6.54 Å². The first kappa shape index (κ1) is 15.9. The Bertz CT molecular complexity index is 587. The number of rotatable bonds is 6. The van der Waals surface area contributed by atoms with Gasteiger partial charge in [-0.2, -0.15) is 0 Å². The van der Waals surface area contributed by atoms with Crippen LogP contribution in [0.3, 0.4) is 0 Å². The second kappa shape index (κ2) is 6.66. The lowest BCUT2D eigenvalue weighted by Crippen LogP contribution is -2.53. The second-order valence-electron chi connectivity index (χ2n) is 6.42. The van der Waals surface area contributed by atoms with Gasteiger partial charge in [-0.3, -0.25) is 4.90 Å². The van der Waals surface area contributed by atoms with E-state index in [1.165, 1.54) is 5.56 Å². The van der Waals surface area contributed by atoms with Crippen LogP contribution in [0.25, 0.3) is 0 Å². The third kappa shape index (κ3) is 3.87. The average Bonchev–Trinajstić information content (AvgIpc) is 3.33. The molecule has 0 amide bonds.